The van der Waals surface area contributed by atoms with E-state index in [0.717, 1.165) is 49.8 Å². The molecule has 0 saturated heterocycles. The first-order chi connectivity index (χ1) is 15.9. The van der Waals surface area contributed by atoms with Gasteiger partial charge in [0.1, 0.15) is 5.75 Å². The molecule has 3 rings (SSSR count). The molecule has 1 N–H and O–H groups in total. The van der Waals surface area contributed by atoms with E-state index in [1.165, 1.54) is 12.0 Å². The molecule has 4 heteroatoms. The van der Waals surface area contributed by atoms with E-state index in [2.05, 4.69) is 56.9 Å². The molecule has 0 radical (unpaired) electrons. The maximum Gasteiger partial charge on any atom is 0.314 e. The van der Waals surface area contributed by atoms with Crippen molar-refractivity contribution in [3.05, 3.63) is 65.2 Å². The lowest BCUT2D eigenvalue weighted by Gasteiger charge is -2.32. The van der Waals surface area contributed by atoms with Gasteiger partial charge in [0.15, 0.2) is 0 Å². The first kappa shape index (κ1) is 25.5. The van der Waals surface area contributed by atoms with Gasteiger partial charge < -0.3 is 9.84 Å². The summed E-state index contributed by atoms with van der Waals surface area (Å²) in [5.74, 6) is 0.603. The van der Waals surface area contributed by atoms with E-state index < -0.39 is 0 Å². The monoisotopic (exact) mass is 451 g/mol. The van der Waals surface area contributed by atoms with Crippen molar-refractivity contribution in [3.63, 3.8) is 0 Å². The maximum atomic E-state index is 13.0. The van der Waals surface area contributed by atoms with Gasteiger partial charge in [-0.25, -0.2) is 0 Å². The Balaban J connectivity index is 1.94. The van der Waals surface area contributed by atoms with E-state index in [-0.39, 0.29) is 24.4 Å². The fourth-order valence-corrected chi connectivity index (χ4v) is 5.17. The molecule has 1 atom stereocenters. The minimum atomic E-state index is -0.106. The van der Waals surface area contributed by atoms with Crippen LogP contribution in [0.2, 0.25) is 0 Å². The molecular weight excluding hydrogens is 410 g/mol. The number of carbonyl (C=O) groups excluding carboxylic acids is 1. The van der Waals surface area contributed by atoms with Gasteiger partial charge in [0.25, 0.3) is 0 Å². The molecule has 0 spiro atoms. The fourth-order valence-electron chi connectivity index (χ4n) is 5.17. The molecular formula is C29H41NO3. The Bertz CT molecular complexity index is 864. The van der Waals surface area contributed by atoms with Crippen LogP contribution in [0.15, 0.2) is 48.5 Å². The van der Waals surface area contributed by atoms with Crippen LogP contribution in [0.1, 0.15) is 88.8 Å². The molecule has 0 heterocycles. The third-order valence-electron chi connectivity index (χ3n) is 6.99. The predicted octanol–water partition coefficient (Wildman–Crippen LogP) is 6.31. The highest BCUT2D eigenvalue weighted by Gasteiger charge is 2.27. The number of benzene rings is 2. The summed E-state index contributed by atoms with van der Waals surface area (Å²) >= 11 is 0. The average Bonchev–Trinajstić information content (AvgIpc) is 2.83. The number of ether oxygens (including phenoxy) is 1. The molecule has 2 aromatic carbocycles. The standard InChI is InChI=1S/C29H41NO3/c1-21(2)30(22(3)4)18-17-26(24-11-7-5-8-12-24)27-19-23(20-31)15-16-28(27)33-29(32)25-13-9-6-10-14-25/h5,7-8,11-12,15-16,19,21-22,25-26,31H,6,9-10,13-14,17-18,20H2,1-4H3. The van der Waals surface area contributed by atoms with Gasteiger partial charge in [-0.05, 0) is 76.8 Å². The lowest BCUT2D eigenvalue weighted by atomic mass is 9.86. The zero-order valence-electron chi connectivity index (χ0n) is 20.8. The molecule has 0 aromatic heterocycles. The smallest absolute Gasteiger partial charge is 0.314 e. The van der Waals surface area contributed by atoms with Crippen molar-refractivity contribution in [3.8, 4) is 5.75 Å². The van der Waals surface area contributed by atoms with Crippen LogP contribution in [0, 0.1) is 5.92 Å². The summed E-state index contributed by atoms with van der Waals surface area (Å²) in [7, 11) is 0. The Morgan fingerprint density at radius 3 is 2.27 bits per heavy atom. The molecule has 1 fully saturated rings. The van der Waals surface area contributed by atoms with Crippen LogP contribution < -0.4 is 4.74 Å². The number of nitrogens with zero attached hydrogens (tertiary/aromatic N) is 1. The first-order valence-electron chi connectivity index (χ1n) is 12.7. The Labute approximate surface area is 200 Å². The van der Waals surface area contributed by atoms with E-state index in [9.17, 15) is 9.90 Å². The van der Waals surface area contributed by atoms with Crippen molar-refractivity contribution in [2.75, 3.05) is 6.54 Å². The molecule has 1 unspecified atom stereocenters. The molecule has 180 valence electrons. The lowest BCUT2D eigenvalue weighted by molar-refractivity contribution is -0.140. The van der Waals surface area contributed by atoms with E-state index in [4.69, 9.17) is 4.74 Å². The second-order valence-electron chi connectivity index (χ2n) is 9.96. The molecule has 0 aliphatic heterocycles. The number of aliphatic hydroxyl groups is 1. The van der Waals surface area contributed by atoms with E-state index >= 15 is 0 Å². The molecule has 1 aliphatic carbocycles. The highest BCUT2D eigenvalue weighted by Crippen LogP contribution is 2.37. The third-order valence-corrected chi connectivity index (χ3v) is 6.99. The van der Waals surface area contributed by atoms with Crippen LogP contribution in [0.4, 0.5) is 0 Å². The molecule has 4 nitrogen and oxygen atoms in total. The molecule has 1 aliphatic rings. The third kappa shape index (κ3) is 6.91. The zero-order chi connectivity index (χ0) is 23.8. The minimum absolute atomic E-state index is 0.00309. The van der Waals surface area contributed by atoms with Gasteiger partial charge in [-0.2, -0.15) is 0 Å². The summed E-state index contributed by atoms with van der Waals surface area (Å²) in [4.78, 5) is 15.5. The SMILES string of the molecule is CC(C)N(CCC(c1ccccc1)c1cc(CO)ccc1OC(=O)C1CCCCC1)C(C)C. The number of rotatable bonds is 10. The van der Waals surface area contributed by atoms with Gasteiger partial charge in [-0.1, -0.05) is 55.7 Å². The molecule has 0 amide bonds. The van der Waals surface area contributed by atoms with Gasteiger partial charge in [-0.3, -0.25) is 9.69 Å². The molecule has 1 saturated carbocycles. The highest BCUT2D eigenvalue weighted by atomic mass is 16.5. The van der Waals surface area contributed by atoms with Crippen LogP contribution in [0.25, 0.3) is 0 Å². The largest absolute Gasteiger partial charge is 0.426 e. The summed E-state index contributed by atoms with van der Waals surface area (Å²) in [5, 5.41) is 9.84. The summed E-state index contributed by atoms with van der Waals surface area (Å²) in [6, 6.07) is 17.1. The number of hydrogen-bond donors (Lipinski definition) is 1. The number of esters is 1. The topological polar surface area (TPSA) is 49.8 Å². The van der Waals surface area contributed by atoms with Crippen LogP contribution in [0.3, 0.4) is 0 Å². The summed E-state index contributed by atoms with van der Waals surface area (Å²) in [6.45, 7) is 9.86. The fraction of sp³-hybridized carbons (Fsp3) is 0.552. The summed E-state index contributed by atoms with van der Waals surface area (Å²) in [6.07, 6.45) is 6.15. The van der Waals surface area contributed by atoms with Crippen molar-refractivity contribution in [1.29, 1.82) is 0 Å². The molecule has 2 aromatic rings. The lowest BCUT2D eigenvalue weighted by Crippen LogP contribution is -2.38. The Hall–Kier alpha value is -2.17. The molecule has 0 bridgehead atoms. The van der Waals surface area contributed by atoms with Crippen molar-refractivity contribution >= 4 is 5.97 Å². The van der Waals surface area contributed by atoms with Crippen molar-refractivity contribution in [2.24, 2.45) is 5.92 Å². The number of aliphatic hydroxyl groups excluding tert-OH is 1. The van der Waals surface area contributed by atoms with E-state index in [1.54, 1.807) is 0 Å². The Morgan fingerprint density at radius 1 is 1.00 bits per heavy atom. The minimum Gasteiger partial charge on any atom is -0.426 e. The normalized spacial score (nSPS) is 15.9. The van der Waals surface area contributed by atoms with Crippen molar-refractivity contribution < 1.29 is 14.6 Å². The first-order valence-corrected chi connectivity index (χ1v) is 12.7. The van der Waals surface area contributed by atoms with Gasteiger partial charge in [0, 0.05) is 23.6 Å². The van der Waals surface area contributed by atoms with Crippen LogP contribution in [-0.2, 0) is 11.4 Å². The quantitative estimate of drug-likeness (QED) is 0.340. The van der Waals surface area contributed by atoms with Crippen LogP contribution >= 0.6 is 0 Å². The van der Waals surface area contributed by atoms with Crippen molar-refractivity contribution in [1.82, 2.24) is 4.90 Å². The van der Waals surface area contributed by atoms with Crippen LogP contribution in [0.5, 0.6) is 5.75 Å². The Kier molecular flexibility index (Phi) is 9.52. The zero-order valence-corrected chi connectivity index (χ0v) is 20.8. The van der Waals surface area contributed by atoms with E-state index in [1.807, 2.05) is 24.3 Å². The van der Waals surface area contributed by atoms with Crippen LogP contribution in [-0.4, -0.2) is 34.6 Å². The number of hydrogen-bond acceptors (Lipinski definition) is 4. The van der Waals surface area contributed by atoms with Gasteiger partial charge in [0.05, 0.1) is 12.5 Å². The molecule has 33 heavy (non-hydrogen) atoms. The predicted molar refractivity (Wildman–Crippen MR) is 134 cm³/mol. The second-order valence-corrected chi connectivity index (χ2v) is 9.96. The van der Waals surface area contributed by atoms with Gasteiger partial charge in [0.2, 0.25) is 0 Å². The second kappa shape index (κ2) is 12.3. The summed E-state index contributed by atoms with van der Waals surface area (Å²) < 4.78 is 6.05. The maximum absolute atomic E-state index is 13.0. The van der Waals surface area contributed by atoms with Gasteiger partial charge in [-0.15, -0.1) is 0 Å². The number of carbonyl (C=O) groups is 1. The van der Waals surface area contributed by atoms with E-state index in [0.29, 0.717) is 17.8 Å². The van der Waals surface area contributed by atoms with Crippen molar-refractivity contribution in [2.45, 2.75) is 90.8 Å². The highest BCUT2D eigenvalue weighted by molar-refractivity contribution is 5.75. The van der Waals surface area contributed by atoms with Gasteiger partial charge >= 0.3 is 5.97 Å². The summed E-state index contributed by atoms with van der Waals surface area (Å²) in [5.41, 5.74) is 3.03. The average molecular weight is 452 g/mol. The Morgan fingerprint density at radius 2 is 1.67 bits per heavy atom.